The number of nitrogens with one attached hydrogen (secondary N) is 2. The van der Waals surface area contributed by atoms with Crippen molar-refractivity contribution in [3.63, 3.8) is 0 Å². The highest BCUT2D eigenvalue weighted by atomic mass is 35.5. The molecule has 3 aromatic rings. The van der Waals surface area contributed by atoms with E-state index in [1.54, 1.807) is 24.3 Å². The van der Waals surface area contributed by atoms with Crippen molar-refractivity contribution in [2.24, 2.45) is 0 Å². The summed E-state index contributed by atoms with van der Waals surface area (Å²) in [6, 6.07) is 16.3. The second-order valence-corrected chi connectivity index (χ2v) is 12.9. The maximum absolute atomic E-state index is 12.7. The van der Waals surface area contributed by atoms with Gasteiger partial charge in [0, 0.05) is 30.3 Å². The van der Waals surface area contributed by atoms with Crippen molar-refractivity contribution in [1.82, 2.24) is 9.62 Å². The first-order valence-electron chi connectivity index (χ1n) is 11.7. The van der Waals surface area contributed by atoms with E-state index in [9.17, 15) is 21.6 Å². The van der Waals surface area contributed by atoms with E-state index in [-0.39, 0.29) is 33.7 Å². The summed E-state index contributed by atoms with van der Waals surface area (Å²) in [7, 11) is -7.51. The molecule has 1 saturated heterocycles. The van der Waals surface area contributed by atoms with Crippen LogP contribution >= 0.6 is 23.2 Å². The third-order valence-electron chi connectivity index (χ3n) is 5.69. The number of sulfonamides is 2. The number of hydrogen-bond donors (Lipinski definition) is 2. The number of morpholine rings is 1. The molecular weight excluding hydrogens is 589 g/mol. The molecule has 1 fully saturated rings. The first-order valence-corrected chi connectivity index (χ1v) is 15.4. The van der Waals surface area contributed by atoms with Gasteiger partial charge in [-0.25, -0.2) is 16.8 Å². The number of ether oxygens (including phenoxy) is 2. The number of halogens is 2. The third kappa shape index (κ3) is 7.62. The summed E-state index contributed by atoms with van der Waals surface area (Å²) >= 11 is 12.0. The molecule has 39 heavy (non-hydrogen) atoms. The Morgan fingerprint density at radius 1 is 0.897 bits per heavy atom. The topological polar surface area (TPSA) is 131 Å². The van der Waals surface area contributed by atoms with Gasteiger partial charge in [0.25, 0.3) is 15.9 Å². The van der Waals surface area contributed by atoms with Crippen LogP contribution < -0.4 is 14.8 Å². The van der Waals surface area contributed by atoms with Crippen LogP contribution in [0.25, 0.3) is 0 Å². The summed E-state index contributed by atoms with van der Waals surface area (Å²) in [6.07, 6.45) is 0. The zero-order valence-corrected chi connectivity index (χ0v) is 23.6. The predicted octanol–water partition coefficient (Wildman–Crippen LogP) is 3.51. The minimum Gasteiger partial charge on any atom is -0.482 e. The molecule has 208 valence electrons. The molecule has 0 spiro atoms. The molecule has 2 N–H and O–H groups in total. The Morgan fingerprint density at radius 2 is 1.54 bits per heavy atom. The smallest absolute Gasteiger partial charge is 0.261 e. The van der Waals surface area contributed by atoms with Gasteiger partial charge in [0.15, 0.2) is 6.61 Å². The lowest BCUT2D eigenvalue weighted by Crippen LogP contribution is -2.40. The molecule has 14 heteroatoms. The van der Waals surface area contributed by atoms with Crippen LogP contribution in [-0.2, 0) is 36.1 Å². The number of nitrogens with zero attached hydrogens (tertiary/aromatic N) is 1. The van der Waals surface area contributed by atoms with Crippen LogP contribution in [0, 0.1) is 0 Å². The average Bonchev–Trinajstić information content (AvgIpc) is 2.93. The summed E-state index contributed by atoms with van der Waals surface area (Å²) in [5.74, 6) is -0.313. The first-order chi connectivity index (χ1) is 18.5. The lowest BCUT2D eigenvalue weighted by atomic mass is 10.2. The minimum atomic E-state index is -3.91. The molecule has 0 atom stereocenters. The quantitative estimate of drug-likeness (QED) is 0.358. The van der Waals surface area contributed by atoms with Gasteiger partial charge in [-0.15, -0.1) is 0 Å². The van der Waals surface area contributed by atoms with Crippen LogP contribution in [0.15, 0.2) is 76.5 Å². The number of hydrogen-bond acceptors (Lipinski definition) is 7. The van der Waals surface area contributed by atoms with Gasteiger partial charge in [-0.1, -0.05) is 35.3 Å². The second kappa shape index (κ2) is 12.5. The van der Waals surface area contributed by atoms with Crippen molar-refractivity contribution in [1.29, 1.82) is 0 Å². The summed E-state index contributed by atoms with van der Waals surface area (Å²) in [4.78, 5) is 12.4. The van der Waals surface area contributed by atoms with E-state index in [1.165, 1.54) is 46.8 Å². The Morgan fingerprint density at radius 3 is 2.18 bits per heavy atom. The number of benzene rings is 3. The number of carbonyl (C=O) groups is 1. The Labute approximate surface area is 236 Å². The maximum Gasteiger partial charge on any atom is 0.261 e. The molecule has 1 aliphatic rings. The Balaban J connectivity index is 1.28. The Bertz CT molecular complexity index is 1530. The molecule has 0 bridgehead atoms. The normalized spacial score (nSPS) is 14.5. The molecular formula is C25H25Cl2N3O7S2. The van der Waals surface area contributed by atoms with E-state index >= 15 is 0 Å². The molecule has 1 aliphatic heterocycles. The standard InChI is InChI=1S/C25H25Cl2N3O7S2/c26-19-3-5-20(6-4-19)29-38(32,33)22-9-10-24(23(27)15-22)37-17-25(31)28-16-18-1-7-21(8-2-18)39(34,35)30-11-13-36-14-12-30/h1-10,15,29H,11-14,16-17H2,(H,28,31). The third-order valence-corrected chi connectivity index (χ3v) is 9.53. The fraction of sp³-hybridized carbons (Fsp3) is 0.240. The van der Waals surface area contributed by atoms with Crippen molar-refractivity contribution >= 4 is 54.8 Å². The first kappa shape index (κ1) is 29.1. The molecule has 0 aromatic heterocycles. The number of carbonyl (C=O) groups excluding carboxylic acids is 1. The zero-order chi connectivity index (χ0) is 28.0. The van der Waals surface area contributed by atoms with E-state index in [2.05, 4.69) is 10.0 Å². The summed E-state index contributed by atoms with van der Waals surface area (Å²) in [6.45, 7) is 1.13. The summed E-state index contributed by atoms with van der Waals surface area (Å²) in [5.41, 5.74) is 1.03. The lowest BCUT2D eigenvalue weighted by Gasteiger charge is -2.26. The van der Waals surface area contributed by atoms with E-state index in [0.29, 0.717) is 42.6 Å². The fourth-order valence-electron chi connectivity index (χ4n) is 3.61. The van der Waals surface area contributed by atoms with Crippen LogP contribution in [0.5, 0.6) is 5.75 Å². The van der Waals surface area contributed by atoms with E-state index in [1.807, 2.05) is 0 Å². The van der Waals surface area contributed by atoms with Gasteiger partial charge in [-0.05, 0) is 60.2 Å². The largest absolute Gasteiger partial charge is 0.482 e. The molecule has 0 unspecified atom stereocenters. The van der Waals surface area contributed by atoms with Crippen molar-refractivity contribution < 1.29 is 31.1 Å². The highest BCUT2D eigenvalue weighted by Crippen LogP contribution is 2.28. The van der Waals surface area contributed by atoms with Crippen molar-refractivity contribution in [3.05, 3.63) is 82.3 Å². The van der Waals surface area contributed by atoms with Crippen molar-refractivity contribution in [2.45, 2.75) is 16.3 Å². The van der Waals surface area contributed by atoms with Gasteiger partial charge >= 0.3 is 0 Å². The highest BCUT2D eigenvalue weighted by Gasteiger charge is 2.26. The van der Waals surface area contributed by atoms with Crippen LogP contribution in [0.3, 0.4) is 0 Å². The zero-order valence-electron chi connectivity index (χ0n) is 20.5. The summed E-state index contributed by atoms with van der Waals surface area (Å²) in [5, 5.41) is 3.16. The van der Waals surface area contributed by atoms with Gasteiger partial charge in [0.2, 0.25) is 10.0 Å². The minimum absolute atomic E-state index is 0.0128. The highest BCUT2D eigenvalue weighted by molar-refractivity contribution is 7.92. The van der Waals surface area contributed by atoms with Gasteiger partial charge in [0.1, 0.15) is 5.75 Å². The molecule has 10 nitrogen and oxygen atoms in total. The van der Waals surface area contributed by atoms with Crippen LogP contribution in [0.4, 0.5) is 5.69 Å². The number of anilines is 1. The number of rotatable bonds is 10. The van der Waals surface area contributed by atoms with Crippen LogP contribution in [0.1, 0.15) is 5.56 Å². The van der Waals surface area contributed by atoms with E-state index in [4.69, 9.17) is 32.7 Å². The van der Waals surface area contributed by atoms with E-state index < -0.39 is 26.0 Å². The molecule has 1 heterocycles. The van der Waals surface area contributed by atoms with Gasteiger partial charge in [-0.3, -0.25) is 9.52 Å². The monoisotopic (exact) mass is 613 g/mol. The Hall–Kier alpha value is -2.87. The SMILES string of the molecule is O=C(COc1ccc(S(=O)(=O)Nc2ccc(Cl)cc2)cc1Cl)NCc1ccc(S(=O)(=O)N2CCOCC2)cc1. The lowest BCUT2D eigenvalue weighted by molar-refractivity contribution is -0.123. The van der Waals surface area contributed by atoms with Crippen molar-refractivity contribution in [3.8, 4) is 5.75 Å². The van der Waals surface area contributed by atoms with Crippen LogP contribution in [-0.4, -0.2) is 60.0 Å². The molecule has 0 radical (unpaired) electrons. The van der Waals surface area contributed by atoms with Gasteiger partial charge in [0.05, 0.1) is 28.0 Å². The molecule has 3 aromatic carbocycles. The maximum atomic E-state index is 12.7. The molecule has 1 amide bonds. The van der Waals surface area contributed by atoms with Gasteiger partial charge < -0.3 is 14.8 Å². The van der Waals surface area contributed by atoms with Crippen molar-refractivity contribution in [2.75, 3.05) is 37.6 Å². The average molecular weight is 615 g/mol. The number of amides is 1. The molecule has 4 rings (SSSR count). The van der Waals surface area contributed by atoms with E-state index in [0.717, 1.165) is 0 Å². The molecule has 0 saturated carbocycles. The Kier molecular flexibility index (Phi) is 9.36. The predicted molar refractivity (Wildman–Crippen MR) is 147 cm³/mol. The van der Waals surface area contributed by atoms with Crippen LogP contribution in [0.2, 0.25) is 10.0 Å². The summed E-state index contributed by atoms with van der Waals surface area (Å²) < 4.78 is 65.2. The molecule has 0 aliphatic carbocycles. The van der Waals surface area contributed by atoms with Gasteiger partial charge in [-0.2, -0.15) is 4.31 Å². The second-order valence-electron chi connectivity index (χ2n) is 8.43. The fourth-order valence-corrected chi connectivity index (χ4v) is 6.53.